The van der Waals surface area contributed by atoms with Gasteiger partial charge in [-0.1, -0.05) is 0 Å². The van der Waals surface area contributed by atoms with Gasteiger partial charge < -0.3 is 10.1 Å². The Morgan fingerprint density at radius 1 is 1.71 bits per heavy atom. The third kappa shape index (κ3) is 2.33. The molecule has 4 nitrogen and oxygen atoms in total. The Morgan fingerprint density at radius 2 is 2.64 bits per heavy atom. The Hall–Kier alpha value is -0.870. The van der Waals surface area contributed by atoms with Crippen molar-refractivity contribution in [2.45, 2.75) is 13.0 Å². The van der Waals surface area contributed by atoms with Crippen molar-refractivity contribution in [3.8, 4) is 0 Å². The van der Waals surface area contributed by atoms with Gasteiger partial charge in [0.2, 0.25) is 0 Å². The fourth-order valence-corrected chi connectivity index (χ4v) is 1.72. The number of hydrogen-bond donors (Lipinski definition) is 1. The lowest BCUT2D eigenvalue weighted by atomic mass is 10.1. The molecule has 1 N–H and O–H groups in total. The summed E-state index contributed by atoms with van der Waals surface area (Å²) in [6, 6.07) is 2.04. The van der Waals surface area contributed by atoms with E-state index in [9.17, 15) is 0 Å². The maximum absolute atomic E-state index is 5.31. The van der Waals surface area contributed by atoms with Gasteiger partial charge in [-0.05, 0) is 18.4 Å². The fraction of sp³-hybridized carbons (Fsp3) is 0.700. The molecule has 0 aromatic carbocycles. The average Bonchev–Trinajstić information content (AvgIpc) is 2.78. The Labute approximate surface area is 84.3 Å². The van der Waals surface area contributed by atoms with Crippen molar-refractivity contribution in [2.75, 3.05) is 19.8 Å². The molecule has 1 unspecified atom stereocenters. The van der Waals surface area contributed by atoms with Crippen LogP contribution in [0.15, 0.2) is 12.3 Å². The monoisotopic (exact) mass is 195 g/mol. The van der Waals surface area contributed by atoms with E-state index in [0.29, 0.717) is 5.92 Å². The zero-order valence-corrected chi connectivity index (χ0v) is 8.57. The van der Waals surface area contributed by atoms with Crippen molar-refractivity contribution in [2.24, 2.45) is 13.0 Å². The molecule has 1 aliphatic rings. The molecule has 0 bridgehead atoms. The van der Waals surface area contributed by atoms with Gasteiger partial charge >= 0.3 is 0 Å². The Bertz CT molecular complexity index is 279. The fourth-order valence-electron chi connectivity index (χ4n) is 1.72. The van der Waals surface area contributed by atoms with Gasteiger partial charge in [0.1, 0.15) is 0 Å². The van der Waals surface area contributed by atoms with E-state index in [-0.39, 0.29) is 0 Å². The predicted octanol–water partition coefficient (Wildman–Crippen LogP) is 0.546. The van der Waals surface area contributed by atoms with Gasteiger partial charge in [0.15, 0.2) is 0 Å². The summed E-state index contributed by atoms with van der Waals surface area (Å²) in [5, 5.41) is 7.55. The highest BCUT2D eigenvalue weighted by Crippen LogP contribution is 2.10. The van der Waals surface area contributed by atoms with E-state index in [1.54, 1.807) is 0 Å². The number of aromatic nitrogens is 2. The van der Waals surface area contributed by atoms with Gasteiger partial charge in [-0.15, -0.1) is 0 Å². The number of nitrogens with zero attached hydrogens (tertiary/aromatic N) is 2. The van der Waals surface area contributed by atoms with Crippen molar-refractivity contribution < 1.29 is 4.74 Å². The molecule has 0 radical (unpaired) electrons. The Kier molecular flexibility index (Phi) is 3.16. The summed E-state index contributed by atoms with van der Waals surface area (Å²) in [6.45, 7) is 3.79. The van der Waals surface area contributed by atoms with Gasteiger partial charge in [-0.25, -0.2) is 0 Å². The lowest BCUT2D eigenvalue weighted by molar-refractivity contribution is 0.185. The number of aryl methyl sites for hydroxylation is 1. The van der Waals surface area contributed by atoms with Gasteiger partial charge in [-0.3, -0.25) is 4.68 Å². The minimum Gasteiger partial charge on any atom is -0.381 e. The maximum Gasteiger partial charge on any atom is 0.0518 e. The van der Waals surface area contributed by atoms with Crippen LogP contribution in [0.3, 0.4) is 0 Å². The zero-order valence-electron chi connectivity index (χ0n) is 8.57. The molecular formula is C10H17N3O. The second kappa shape index (κ2) is 4.57. The smallest absolute Gasteiger partial charge is 0.0518 e. The second-order valence-corrected chi connectivity index (χ2v) is 3.81. The Morgan fingerprint density at radius 3 is 3.29 bits per heavy atom. The van der Waals surface area contributed by atoms with E-state index >= 15 is 0 Å². The van der Waals surface area contributed by atoms with Crippen LogP contribution in [0.4, 0.5) is 0 Å². The summed E-state index contributed by atoms with van der Waals surface area (Å²) in [6.07, 6.45) is 3.02. The first-order chi connectivity index (χ1) is 6.86. The highest BCUT2D eigenvalue weighted by Gasteiger charge is 2.14. The summed E-state index contributed by atoms with van der Waals surface area (Å²) in [5.74, 6) is 0.697. The normalized spacial score (nSPS) is 21.6. The van der Waals surface area contributed by atoms with Crippen LogP contribution < -0.4 is 5.32 Å². The van der Waals surface area contributed by atoms with E-state index in [2.05, 4.69) is 10.4 Å². The molecule has 78 valence electrons. The van der Waals surface area contributed by atoms with Crippen LogP contribution in [0, 0.1) is 5.92 Å². The first-order valence-corrected chi connectivity index (χ1v) is 5.11. The highest BCUT2D eigenvalue weighted by molar-refractivity contribution is 4.99. The van der Waals surface area contributed by atoms with E-state index in [4.69, 9.17) is 4.74 Å². The number of rotatable bonds is 4. The van der Waals surface area contributed by atoms with Crippen LogP contribution in [0.2, 0.25) is 0 Å². The largest absolute Gasteiger partial charge is 0.381 e. The summed E-state index contributed by atoms with van der Waals surface area (Å²) in [7, 11) is 1.97. The third-order valence-electron chi connectivity index (χ3n) is 2.69. The summed E-state index contributed by atoms with van der Waals surface area (Å²) < 4.78 is 7.21. The second-order valence-electron chi connectivity index (χ2n) is 3.81. The third-order valence-corrected chi connectivity index (χ3v) is 2.69. The molecule has 2 rings (SSSR count). The molecule has 1 fully saturated rings. The summed E-state index contributed by atoms with van der Waals surface area (Å²) >= 11 is 0. The van der Waals surface area contributed by atoms with Crippen LogP contribution in [0.1, 0.15) is 12.1 Å². The first kappa shape index (κ1) is 9.68. The van der Waals surface area contributed by atoms with Crippen molar-refractivity contribution in [3.05, 3.63) is 18.0 Å². The summed E-state index contributed by atoms with van der Waals surface area (Å²) in [4.78, 5) is 0. The molecule has 4 heteroatoms. The minimum atomic E-state index is 0.697. The molecule has 1 aromatic rings. The molecule has 0 spiro atoms. The zero-order chi connectivity index (χ0) is 9.80. The molecule has 14 heavy (non-hydrogen) atoms. The van der Waals surface area contributed by atoms with Crippen LogP contribution in [0.25, 0.3) is 0 Å². The molecule has 0 saturated carbocycles. The standard InChI is InChI=1S/C10H17N3O/c1-13-10(2-4-12-13)7-11-6-9-3-5-14-8-9/h2,4,9,11H,3,5-8H2,1H3. The predicted molar refractivity (Wildman–Crippen MR) is 53.8 cm³/mol. The SMILES string of the molecule is Cn1nccc1CNCC1CCOC1. The van der Waals surface area contributed by atoms with E-state index in [0.717, 1.165) is 26.3 Å². The van der Waals surface area contributed by atoms with Crippen LogP contribution >= 0.6 is 0 Å². The number of ether oxygens (including phenoxy) is 1. The maximum atomic E-state index is 5.31. The Balaban J connectivity index is 1.70. The number of nitrogens with one attached hydrogen (secondary N) is 1. The quantitative estimate of drug-likeness (QED) is 0.762. The van der Waals surface area contributed by atoms with E-state index < -0.39 is 0 Å². The lowest BCUT2D eigenvalue weighted by Gasteiger charge is -2.09. The molecule has 2 heterocycles. The molecule has 1 aromatic heterocycles. The van der Waals surface area contributed by atoms with Gasteiger partial charge in [-0.2, -0.15) is 5.10 Å². The van der Waals surface area contributed by atoms with Crippen molar-refractivity contribution in [1.29, 1.82) is 0 Å². The van der Waals surface area contributed by atoms with Gasteiger partial charge in [0.25, 0.3) is 0 Å². The van der Waals surface area contributed by atoms with Crippen LogP contribution in [0.5, 0.6) is 0 Å². The molecule has 0 aliphatic carbocycles. The number of hydrogen-bond acceptors (Lipinski definition) is 3. The van der Waals surface area contributed by atoms with Gasteiger partial charge in [0.05, 0.1) is 12.3 Å². The molecular weight excluding hydrogens is 178 g/mol. The van der Waals surface area contributed by atoms with Crippen molar-refractivity contribution in [1.82, 2.24) is 15.1 Å². The average molecular weight is 195 g/mol. The lowest BCUT2D eigenvalue weighted by Crippen LogP contribution is -2.23. The topological polar surface area (TPSA) is 39.1 Å². The van der Waals surface area contributed by atoms with Crippen molar-refractivity contribution in [3.63, 3.8) is 0 Å². The first-order valence-electron chi connectivity index (χ1n) is 5.11. The van der Waals surface area contributed by atoms with E-state index in [1.165, 1.54) is 12.1 Å². The van der Waals surface area contributed by atoms with Crippen LogP contribution in [-0.2, 0) is 18.3 Å². The minimum absolute atomic E-state index is 0.697. The molecule has 1 atom stereocenters. The van der Waals surface area contributed by atoms with Crippen molar-refractivity contribution >= 4 is 0 Å². The molecule has 0 amide bonds. The van der Waals surface area contributed by atoms with E-state index in [1.807, 2.05) is 24.0 Å². The molecule has 1 saturated heterocycles. The van der Waals surface area contributed by atoms with Gasteiger partial charge in [0, 0.05) is 32.9 Å². The highest BCUT2D eigenvalue weighted by atomic mass is 16.5. The van der Waals surface area contributed by atoms with Crippen LogP contribution in [-0.4, -0.2) is 29.5 Å². The summed E-state index contributed by atoms with van der Waals surface area (Å²) in [5.41, 5.74) is 1.23. The molecule has 1 aliphatic heterocycles.